The molecule has 29 heavy (non-hydrogen) atoms. The largest absolute Gasteiger partial charge is 0.492 e. The van der Waals surface area contributed by atoms with Crippen molar-refractivity contribution in [1.29, 1.82) is 0 Å². The molecule has 3 aromatic rings. The number of hydrogen-bond acceptors (Lipinski definition) is 4. The molecule has 1 saturated heterocycles. The number of nitrogens with zero attached hydrogens (tertiary/aromatic N) is 3. The van der Waals surface area contributed by atoms with Crippen molar-refractivity contribution in [3.8, 4) is 5.75 Å². The molecule has 0 N–H and O–H groups in total. The van der Waals surface area contributed by atoms with Gasteiger partial charge in [0.15, 0.2) is 0 Å². The van der Waals surface area contributed by atoms with E-state index in [9.17, 15) is 4.79 Å². The summed E-state index contributed by atoms with van der Waals surface area (Å²) in [5.74, 6) is 0.951. The predicted octanol–water partition coefficient (Wildman–Crippen LogP) is 3.47. The molecule has 0 atom stereocenters. The Balaban J connectivity index is 1.26. The second-order valence-corrected chi connectivity index (χ2v) is 7.08. The third-order valence-corrected chi connectivity index (χ3v) is 5.17. The van der Waals surface area contributed by atoms with Gasteiger partial charge in [-0.1, -0.05) is 42.5 Å². The molecule has 2 heterocycles. The van der Waals surface area contributed by atoms with Gasteiger partial charge in [-0.3, -0.25) is 14.7 Å². The first-order valence-electron chi connectivity index (χ1n) is 10.0. The molecule has 1 amide bonds. The van der Waals surface area contributed by atoms with Crippen LogP contribution < -0.4 is 4.74 Å². The van der Waals surface area contributed by atoms with Crippen LogP contribution >= 0.6 is 0 Å². The highest BCUT2D eigenvalue weighted by molar-refractivity contribution is 5.95. The average Bonchev–Trinajstić information content (AvgIpc) is 2.78. The number of pyridine rings is 1. The minimum Gasteiger partial charge on any atom is -0.492 e. The summed E-state index contributed by atoms with van der Waals surface area (Å²) in [4.78, 5) is 21.3. The standard InChI is InChI=1S/C24H25N3O2/c28-23(12-11-21-7-4-6-20-8-5-13-25-24(20)21)27-16-14-26(15-17-27)18-19-29-22-9-2-1-3-10-22/h1-13H,14-19H2. The van der Waals surface area contributed by atoms with Crippen LogP contribution in [0.3, 0.4) is 0 Å². The summed E-state index contributed by atoms with van der Waals surface area (Å²) in [6, 6.07) is 19.8. The van der Waals surface area contributed by atoms with E-state index < -0.39 is 0 Å². The molecule has 0 bridgehead atoms. The highest BCUT2D eigenvalue weighted by atomic mass is 16.5. The maximum atomic E-state index is 12.6. The zero-order valence-corrected chi connectivity index (χ0v) is 16.4. The number of rotatable bonds is 6. The zero-order valence-electron chi connectivity index (χ0n) is 16.4. The Kier molecular flexibility index (Phi) is 6.17. The minimum atomic E-state index is 0.0538. The number of ether oxygens (including phenoxy) is 1. The second-order valence-electron chi connectivity index (χ2n) is 7.08. The van der Waals surface area contributed by atoms with Crippen molar-refractivity contribution < 1.29 is 9.53 Å². The predicted molar refractivity (Wildman–Crippen MR) is 116 cm³/mol. The Morgan fingerprint density at radius 2 is 1.76 bits per heavy atom. The molecule has 0 saturated carbocycles. The Morgan fingerprint density at radius 3 is 2.59 bits per heavy atom. The molecule has 0 radical (unpaired) electrons. The van der Waals surface area contributed by atoms with E-state index in [2.05, 4.69) is 9.88 Å². The van der Waals surface area contributed by atoms with E-state index in [1.165, 1.54) is 0 Å². The lowest BCUT2D eigenvalue weighted by Crippen LogP contribution is -2.49. The molecule has 1 aromatic heterocycles. The number of fused-ring (bicyclic) bond motifs is 1. The van der Waals surface area contributed by atoms with E-state index in [1.807, 2.05) is 71.6 Å². The van der Waals surface area contributed by atoms with Crippen LogP contribution in [0.5, 0.6) is 5.75 Å². The molecular formula is C24H25N3O2. The summed E-state index contributed by atoms with van der Waals surface area (Å²) in [6.45, 7) is 4.74. The normalized spacial score (nSPS) is 15.1. The van der Waals surface area contributed by atoms with Crippen LogP contribution in [0, 0.1) is 0 Å². The minimum absolute atomic E-state index is 0.0538. The Morgan fingerprint density at radius 1 is 0.966 bits per heavy atom. The first-order valence-corrected chi connectivity index (χ1v) is 10.0. The van der Waals surface area contributed by atoms with Crippen molar-refractivity contribution in [3.63, 3.8) is 0 Å². The Hall–Kier alpha value is -3.18. The average molecular weight is 387 g/mol. The van der Waals surface area contributed by atoms with Crippen molar-refractivity contribution >= 4 is 22.9 Å². The molecule has 0 aliphatic carbocycles. The molecule has 4 rings (SSSR count). The van der Waals surface area contributed by atoms with Crippen molar-refractivity contribution in [2.45, 2.75) is 0 Å². The van der Waals surface area contributed by atoms with E-state index in [1.54, 1.807) is 12.3 Å². The van der Waals surface area contributed by atoms with Crippen molar-refractivity contribution in [3.05, 3.63) is 78.5 Å². The van der Waals surface area contributed by atoms with Gasteiger partial charge in [0.1, 0.15) is 12.4 Å². The summed E-state index contributed by atoms with van der Waals surface area (Å²) in [5.41, 5.74) is 1.88. The van der Waals surface area contributed by atoms with Gasteiger partial charge in [0.25, 0.3) is 0 Å². The van der Waals surface area contributed by atoms with Gasteiger partial charge in [-0.05, 0) is 24.3 Å². The summed E-state index contributed by atoms with van der Waals surface area (Å²) in [6.07, 6.45) is 5.32. The van der Waals surface area contributed by atoms with Crippen LogP contribution in [-0.4, -0.2) is 60.0 Å². The molecule has 148 valence electrons. The molecular weight excluding hydrogens is 362 g/mol. The molecule has 1 aliphatic rings. The van der Waals surface area contributed by atoms with Gasteiger partial charge in [0, 0.05) is 55.9 Å². The number of aromatic nitrogens is 1. The number of carbonyl (C=O) groups excluding carboxylic acids is 1. The van der Waals surface area contributed by atoms with Gasteiger partial charge in [-0.15, -0.1) is 0 Å². The summed E-state index contributed by atoms with van der Waals surface area (Å²) in [5, 5.41) is 1.08. The van der Waals surface area contributed by atoms with E-state index in [-0.39, 0.29) is 5.91 Å². The number of benzene rings is 2. The fourth-order valence-corrected chi connectivity index (χ4v) is 3.53. The summed E-state index contributed by atoms with van der Waals surface area (Å²) in [7, 11) is 0. The number of amides is 1. The highest BCUT2D eigenvalue weighted by Gasteiger charge is 2.19. The Labute approximate surface area is 171 Å². The van der Waals surface area contributed by atoms with Crippen LogP contribution in [0.2, 0.25) is 0 Å². The third kappa shape index (κ3) is 5.00. The van der Waals surface area contributed by atoms with Gasteiger partial charge in [0.2, 0.25) is 5.91 Å². The first kappa shape index (κ1) is 19.2. The van der Waals surface area contributed by atoms with Crippen LogP contribution in [0.4, 0.5) is 0 Å². The number of para-hydroxylation sites is 2. The SMILES string of the molecule is O=C(C=Cc1cccc2cccnc12)N1CCN(CCOc2ccccc2)CC1. The molecule has 5 nitrogen and oxygen atoms in total. The maximum absolute atomic E-state index is 12.6. The summed E-state index contributed by atoms with van der Waals surface area (Å²) >= 11 is 0. The molecule has 2 aromatic carbocycles. The van der Waals surface area contributed by atoms with Gasteiger partial charge in [0.05, 0.1) is 5.52 Å². The summed E-state index contributed by atoms with van der Waals surface area (Å²) < 4.78 is 5.77. The highest BCUT2D eigenvalue weighted by Crippen LogP contribution is 2.17. The fraction of sp³-hybridized carbons (Fsp3) is 0.250. The lowest BCUT2D eigenvalue weighted by molar-refractivity contribution is -0.127. The van der Waals surface area contributed by atoms with Gasteiger partial charge in [-0.25, -0.2) is 0 Å². The smallest absolute Gasteiger partial charge is 0.246 e. The molecule has 0 spiro atoms. The molecule has 1 aliphatic heterocycles. The van der Waals surface area contributed by atoms with Crippen molar-refractivity contribution in [2.75, 3.05) is 39.3 Å². The lowest BCUT2D eigenvalue weighted by atomic mass is 10.1. The van der Waals surface area contributed by atoms with Crippen LogP contribution in [0.1, 0.15) is 5.56 Å². The van der Waals surface area contributed by atoms with E-state index in [0.29, 0.717) is 6.61 Å². The van der Waals surface area contributed by atoms with E-state index in [0.717, 1.165) is 54.9 Å². The third-order valence-electron chi connectivity index (χ3n) is 5.17. The quantitative estimate of drug-likeness (QED) is 0.608. The van der Waals surface area contributed by atoms with E-state index >= 15 is 0 Å². The Bertz CT molecular complexity index is 974. The van der Waals surface area contributed by atoms with E-state index in [4.69, 9.17) is 4.74 Å². The number of carbonyl (C=O) groups is 1. The maximum Gasteiger partial charge on any atom is 0.246 e. The zero-order chi connectivity index (χ0) is 19.9. The number of piperazine rings is 1. The van der Waals surface area contributed by atoms with Crippen LogP contribution in [0.25, 0.3) is 17.0 Å². The van der Waals surface area contributed by atoms with Crippen LogP contribution in [-0.2, 0) is 4.79 Å². The van der Waals surface area contributed by atoms with Gasteiger partial charge < -0.3 is 9.64 Å². The first-order chi connectivity index (χ1) is 14.3. The van der Waals surface area contributed by atoms with Crippen molar-refractivity contribution in [1.82, 2.24) is 14.8 Å². The monoisotopic (exact) mass is 387 g/mol. The fourth-order valence-electron chi connectivity index (χ4n) is 3.53. The van der Waals surface area contributed by atoms with Gasteiger partial charge in [-0.2, -0.15) is 0 Å². The molecule has 1 fully saturated rings. The molecule has 0 unspecified atom stereocenters. The lowest BCUT2D eigenvalue weighted by Gasteiger charge is -2.34. The molecule has 5 heteroatoms. The van der Waals surface area contributed by atoms with Crippen molar-refractivity contribution in [2.24, 2.45) is 0 Å². The second kappa shape index (κ2) is 9.34. The van der Waals surface area contributed by atoms with Gasteiger partial charge >= 0.3 is 0 Å². The number of hydrogen-bond donors (Lipinski definition) is 0. The van der Waals surface area contributed by atoms with Crippen LogP contribution in [0.15, 0.2) is 72.9 Å². The topological polar surface area (TPSA) is 45.7 Å².